The molecule has 0 aliphatic heterocycles. The zero-order chi connectivity index (χ0) is 24.5. The quantitative estimate of drug-likeness (QED) is 0.321. The van der Waals surface area contributed by atoms with Crippen molar-refractivity contribution in [3.8, 4) is 0 Å². The summed E-state index contributed by atoms with van der Waals surface area (Å²) in [6.07, 6.45) is -9.72. The summed E-state index contributed by atoms with van der Waals surface area (Å²) in [5.41, 5.74) is 0.292. The van der Waals surface area contributed by atoms with Crippen LogP contribution >= 0.6 is 0 Å². The second-order valence-electron chi connectivity index (χ2n) is 9.85. The number of hydrogen-bond acceptors (Lipinski definition) is 0. The molecule has 0 amide bonds. The highest BCUT2D eigenvalue weighted by molar-refractivity contribution is 6.05. The first-order valence-corrected chi connectivity index (χ1v) is 10.2. The second kappa shape index (κ2) is 8.80. The predicted molar refractivity (Wildman–Crippen MR) is 118 cm³/mol. The zero-order valence-electron chi connectivity index (χ0n) is 19.0. The van der Waals surface area contributed by atoms with Gasteiger partial charge < -0.3 is 0 Å². The molecular weight excluding hydrogens is 426 g/mol. The molecule has 2 aromatic rings. The lowest BCUT2D eigenvalue weighted by Gasteiger charge is -2.22. The van der Waals surface area contributed by atoms with Crippen LogP contribution in [-0.2, 0) is 10.8 Å². The van der Waals surface area contributed by atoms with Crippen molar-refractivity contribution in [1.29, 1.82) is 0 Å². The lowest BCUT2D eigenvalue weighted by molar-refractivity contribution is -0.0810. The van der Waals surface area contributed by atoms with E-state index in [1.165, 1.54) is 24.3 Å². The van der Waals surface area contributed by atoms with Gasteiger partial charge in [-0.05, 0) is 44.2 Å². The third-order valence-corrected chi connectivity index (χ3v) is 5.03. The van der Waals surface area contributed by atoms with Crippen LogP contribution in [0.4, 0.5) is 26.3 Å². The van der Waals surface area contributed by atoms with Crippen LogP contribution in [-0.4, -0.2) is 12.4 Å². The number of halogens is 6. The van der Waals surface area contributed by atoms with Crippen molar-refractivity contribution in [3.05, 3.63) is 82.9 Å². The van der Waals surface area contributed by atoms with Gasteiger partial charge in [0.15, 0.2) is 0 Å². The normalized spacial score (nSPS) is 14.6. The Kier molecular flexibility index (Phi) is 7.08. The molecule has 0 aromatic heterocycles. The van der Waals surface area contributed by atoms with Crippen LogP contribution < -0.4 is 0 Å². The van der Waals surface area contributed by atoms with Crippen LogP contribution in [0.1, 0.15) is 63.8 Å². The van der Waals surface area contributed by atoms with Crippen LogP contribution in [0.5, 0.6) is 0 Å². The van der Waals surface area contributed by atoms with Gasteiger partial charge in [-0.3, -0.25) is 0 Å². The smallest absolute Gasteiger partial charge is 0.167 e. The highest BCUT2D eigenvalue weighted by Gasteiger charge is 2.31. The van der Waals surface area contributed by atoms with Crippen molar-refractivity contribution >= 4 is 11.1 Å². The Labute approximate surface area is 185 Å². The zero-order valence-corrected chi connectivity index (χ0v) is 19.0. The van der Waals surface area contributed by atoms with Crippen molar-refractivity contribution in [1.82, 2.24) is 0 Å². The molecule has 0 atom stereocenters. The Bertz CT molecular complexity index is 888. The molecule has 6 heteroatoms. The SMILES string of the molecule is CC(C)(C)c1ccc(C(=C\C(F)(F)F)/C(=C/C(F)(F)F)c2ccc(C(C)(C)C)cc2)cc1. The van der Waals surface area contributed by atoms with Gasteiger partial charge >= 0.3 is 12.4 Å². The molecule has 0 heterocycles. The minimum atomic E-state index is -4.80. The number of benzene rings is 2. The maximum absolute atomic E-state index is 13.4. The van der Waals surface area contributed by atoms with Crippen molar-refractivity contribution in [2.24, 2.45) is 0 Å². The first kappa shape index (κ1) is 25.8. The Morgan fingerprint density at radius 1 is 0.500 bits per heavy atom. The highest BCUT2D eigenvalue weighted by atomic mass is 19.4. The van der Waals surface area contributed by atoms with Gasteiger partial charge in [0.2, 0.25) is 0 Å². The molecular formula is C26H28F6. The number of allylic oxidation sites excluding steroid dienone is 4. The van der Waals surface area contributed by atoms with Gasteiger partial charge in [0, 0.05) is 12.2 Å². The summed E-state index contributed by atoms with van der Waals surface area (Å²) in [5, 5.41) is 0. The predicted octanol–water partition coefficient (Wildman–Crippen LogP) is 8.87. The minimum Gasteiger partial charge on any atom is -0.167 e. The van der Waals surface area contributed by atoms with E-state index in [4.69, 9.17) is 0 Å². The summed E-state index contributed by atoms with van der Waals surface area (Å²) < 4.78 is 80.4. The topological polar surface area (TPSA) is 0 Å². The number of hydrogen-bond donors (Lipinski definition) is 0. The molecule has 0 saturated heterocycles. The molecule has 2 rings (SSSR count). The van der Waals surface area contributed by atoms with Gasteiger partial charge in [-0.25, -0.2) is 0 Å². The van der Waals surface area contributed by atoms with E-state index in [1.54, 1.807) is 24.3 Å². The van der Waals surface area contributed by atoms with E-state index < -0.39 is 23.5 Å². The standard InChI is InChI=1S/C26H28F6/c1-23(2,3)19-11-7-17(8-12-19)21(15-25(27,28)29)22(16-26(30,31)32)18-9-13-20(14-10-18)24(4,5)6/h7-16H,1-6H3/b21-15+,22-16+. The van der Waals surface area contributed by atoms with E-state index >= 15 is 0 Å². The molecule has 0 unspecified atom stereocenters. The van der Waals surface area contributed by atoms with E-state index in [0.29, 0.717) is 0 Å². The average Bonchev–Trinajstić information content (AvgIpc) is 2.62. The van der Waals surface area contributed by atoms with E-state index in [1.807, 2.05) is 41.5 Å². The van der Waals surface area contributed by atoms with Crippen LogP contribution in [0.15, 0.2) is 60.7 Å². The molecule has 0 bridgehead atoms. The molecule has 0 fully saturated rings. The summed E-state index contributed by atoms with van der Waals surface area (Å²) >= 11 is 0. The second-order valence-corrected chi connectivity index (χ2v) is 9.85. The number of alkyl halides is 6. The van der Waals surface area contributed by atoms with Gasteiger partial charge in [0.1, 0.15) is 0 Å². The maximum atomic E-state index is 13.4. The molecule has 0 radical (unpaired) electrons. The van der Waals surface area contributed by atoms with Crippen LogP contribution in [0, 0.1) is 0 Å². The maximum Gasteiger partial charge on any atom is 0.410 e. The molecule has 0 aliphatic rings. The lowest BCUT2D eigenvalue weighted by atomic mass is 9.83. The fourth-order valence-electron chi connectivity index (χ4n) is 3.26. The fourth-order valence-corrected chi connectivity index (χ4v) is 3.26. The first-order chi connectivity index (χ1) is 14.4. The monoisotopic (exact) mass is 454 g/mol. The molecule has 0 spiro atoms. The molecule has 32 heavy (non-hydrogen) atoms. The molecule has 0 N–H and O–H groups in total. The largest absolute Gasteiger partial charge is 0.410 e. The van der Waals surface area contributed by atoms with Crippen LogP contribution in [0.3, 0.4) is 0 Å². The molecule has 174 valence electrons. The lowest BCUT2D eigenvalue weighted by Crippen LogP contribution is -2.12. The first-order valence-electron chi connectivity index (χ1n) is 10.2. The Hall–Kier alpha value is -2.50. The summed E-state index contributed by atoms with van der Waals surface area (Å²) in [5.74, 6) is 0. The Morgan fingerprint density at radius 3 is 0.938 bits per heavy atom. The van der Waals surface area contributed by atoms with Crippen LogP contribution in [0.25, 0.3) is 11.1 Å². The van der Waals surface area contributed by atoms with E-state index in [0.717, 1.165) is 11.1 Å². The van der Waals surface area contributed by atoms with E-state index in [9.17, 15) is 26.3 Å². The number of rotatable bonds is 3. The molecule has 0 nitrogen and oxygen atoms in total. The van der Waals surface area contributed by atoms with Crippen molar-refractivity contribution in [3.63, 3.8) is 0 Å². The van der Waals surface area contributed by atoms with Gasteiger partial charge in [-0.1, -0.05) is 90.1 Å². The molecule has 2 aromatic carbocycles. The average molecular weight is 454 g/mol. The van der Waals surface area contributed by atoms with Gasteiger partial charge in [-0.2, -0.15) is 26.3 Å². The summed E-state index contributed by atoms with van der Waals surface area (Å²) in [4.78, 5) is 0. The van der Waals surface area contributed by atoms with Crippen LogP contribution in [0.2, 0.25) is 0 Å². The highest BCUT2D eigenvalue weighted by Crippen LogP contribution is 2.39. The summed E-state index contributed by atoms with van der Waals surface area (Å²) in [6, 6.07) is 12.3. The third kappa shape index (κ3) is 7.28. The van der Waals surface area contributed by atoms with Crippen molar-refractivity contribution in [2.75, 3.05) is 0 Å². The van der Waals surface area contributed by atoms with Gasteiger partial charge in [0.05, 0.1) is 0 Å². The van der Waals surface area contributed by atoms with Gasteiger partial charge in [-0.15, -0.1) is 0 Å². The van der Waals surface area contributed by atoms with Gasteiger partial charge in [0.25, 0.3) is 0 Å². The molecule has 0 aliphatic carbocycles. The minimum absolute atomic E-state index is 0.0609. The molecule has 0 saturated carbocycles. The van der Waals surface area contributed by atoms with E-state index in [2.05, 4.69) is 0 Å². The summed E-state index contributed by atoms with van der Waals surface area (Å²) in [7, 11) is 0. The fraction of sp³-hybridized carbons (Fsp3) is 0.385. The van der Waals surface area contributed by atoms with Crippen molar-refractivity contribution in [2.45, 2.75) is 64.7 Å². The Balaban J connectivity index is 2.73. The Morgan fingerprint density at radius 2 is 0.750 bits per heavy atom. The van der Waals surface area contributed by atoms with Crippen molar-refractivity contribution < 1.29 is 26.3 Å². The third-order valence-electron chi connectivity index (χ3n) is 5.03. The summed E-state index contributed by atoms with van der Waals surface area (Å²) in [6.45, 7) is 11.7. The van der Waals surface area contributed by atoms with E-state index in [-0.39, 0.29) is 34.1 Å².